The fourth-order valence-corrected chi connectivity index (χ4v) is 2.43. The molecule has 0 aliphatic carbocycles. The van der Waals surface area contributed by atoms with Crippen LogP contribution in [0.25, 0.3) is 0 Å². The topological polar surface area (TPSA) is 92.8 Å². The highest BCUT2D eigenvalue weighted by atomic mass is 32.2. The fraction of sp³-hybridized carbons (Fsp3) is 0.714. The molecule has 0 radical (unpaired) electrons. The second-order valence-electron chi connectivity index (χ2n) is 3.02. The van der Waals surface area contributed by atoms with Crippen molar-refractivity contribution in [2.24, 2.45) is 0 Å². The van der Waals surface area contributed by atoms with Gasteiger partial charge in [-0.1, -0.05) is 0 Å². The van der Waals surface area contributed by atoms with Crippen molar-refractivity contribution >= 4 is 21.9 Å². The molecule has 0 saturated carbocycles. The number of methoxy groups -OCH3 is 1. The van der Waals surface area contributed by atoms with Crippen LogP contribution in [0, 0.1) is 0 Å². The molecular weight excluding hydrogens is 224 g/mol. The molecule has 7 nitrogen and oxygen atoms in total. The molecule has 0 aromatic rings. The molecule has 1 fully saturated rings. The average molecular weight is 236 g/mol. The summed E-state index contributed by atoms with van der Waals surface area (Å²) in [5.41, 5.74) is 0. The Bertz CT molecular complexity index is 364. The van der Waals surface area contributed by atoms with Crippen molar-refractivity contribution in [1.82, 2.24) is 9.62 Å². The normalized spacial score (nSPS) is 18.3. The Morgan fingerprint density at radius 2 is 2.27 bits per heavy atom. The summed E-state index contributed by atoms with van der Waals surface area (Å²) in [6.07, 6.45) is 0. The van der Waals surface area contributed by atoms with Gasteiger partial charge in [0.05, 0.1) is 13.7 Å². The number of piperazine rings is 1. The zero-order valence-corrected chi connectivity index (χ0v) is 9.04. The highest BCUT2D eigenvalue weighted by Gasteiger charge is 2.29. The summed E-state index contributed by atoms with van der Waals surface area (Å²) in [7, 11) is -2.62. The van der Waals surface area contributed by atoms with Crippen LogP contribution in [-0.4, -0.2) is 57.1 Å². The van der Waals surface area contributed by atoms with E-state index in [1.54, 1.807) is 0 Å². The first-order valence-corrected chi connectivity index (χ1v) is 5.88. The fourth-order valence-electron chi connectivity index (χ4n) is 1.15. The number of carbonyl (C=O) groups excluding carboxylic acids is 2. The van der Waals surface area contributed by atoms with Crippen molar-refractivity contribution in [3.63, 3.8) is 0 Å². The lowest BCUT2D eigenvalue weighted by Crippen LogP contribution is -2.51. The summed E-state index contributed by atoms with van der Waals surface area (Å²) in [6.45, 7) is 0.212. The third-order valence-corrected chi connectivity index (χ3v) is 3.62. The molecule has 0 aromatic heterocycles. The van der Waals surface area contributed by atoms with E-state index in [1.165, 1.54) is 0 Å². The summed E-state index contributed by atoms with van der Waals surface area (Å²) < 4.78 is 28.3. The number of hydrogen-bond donors (Lipinski definition) is 1. The number of nitrogens with zero attached hydrogens (tertiary/aromatic N) is 1. The summed E-state index contributed by atoms with van der Waals surface area (Å²) in [5, 5.41) is 2.49. The standard InChI is InChI=1S/C7H12N2O5S/c1-14-7(11)5-15(12,13)9-3-2-8-6(10)4-9/h2-5H2,1H3,(H,8,10). The quantitative estimate of drug-likeness (QED) is 0.568. The lowest BCUT2D eigenvalue weighted by atomic mass is 10.4. The van der Waals surface area contributed by atoms with Gasteiger partial charge in [-0.25, -0.2) is 8.42 Å². The smallest absolute Gasteiger partial charge is 0.322 e. The maximum absolute atomic E-state index is 11.5. The van der Waals surface area contributed by atoms with Crippen LogP contribution in [0.3, 0.4) is 0 Å². The first kappa shape index (κ1) is 11.9. The van der Waals surface area contributed by atoms with Gasteiger partial charge in [-0.05, 0) is 0 Å². The molecule has 1 aliphatic rings. The Balaban J connectivity index is 2.68. The van der Waals surface area contributed by atoms with Gasteiger partial charge >= 0.3 is 5.97 Å². The van der Waals surface area contributed by atoms with E-state index in [9.17, 15) is 18.0 Å². The molecule has 0 spiro atoms. The summed E-state index contributed by atoms with van der Waals surface area (Å²) in [4.78, 5) is 21.8. The molecule has 1 rings (SSSR count). The Labute approximate surface area is 87.4 Å². The van der Waals surface area contributed by atoms with Gasteiger partial charge in [0.25, 0.3) is 0 Å². The largest absolute Gasteiger partial charge is 0.468 e. The SMILES string of the molecule is COC(=O)CS(=O)(=O)N1CCNC(=O)C1. The molecule has 1 saturated heterocycles. The minimum absolute atomic E-state index is 0.186. The third-order valence-electron chi connectivity index (χ3n) is 1.92. The van der Waals surface area contributed by atoms with Crippen molar-refractivity contribution < 1.29 is 22.7 Å². The molecule has 0 aromatic carbocycles. The van der Waals surface area contributed by atoms with Gasteiger partial charge in [0, 0.05) is 13.1 Å². The van der Waals surface area contributed by atoms with E-state index >= 15 is 0 Å². The average Bonchev–Trinajstić information content (AvgIpc) is 2.17. The van der Waals surface area contributed by atoms with E-state index in [-0.39, 0.29) is 25.5 Å². The molecule has 0 bridgehead atoms. The molecular formula is C7H12N2O5S. The second kappa shape index (κ2) is 4.58. The van der Waals surface area contributed by atoms with Crippen LogP contribution in [0.15, 0.2) is 0 Å². The van der Waals surface area contributed by atoms with E-state index in [4.69, 9.17) is 0 Å². The Morgan fingerprint density at radius 1 is 1.60 bits per heavy atom. The van der Waals surface area contributed by atoms with Crippen LogP contribution in [0.1, 0.15) is 0 Å². The lowest BCUT2D eigenvalue weighted by molar-refractivity contribution is -0.137. The van der Waals surface area contributed by atoms with Gasteiger partial charge in [-0.2, -0.15) is 4.31 Å². The summed E-state index contributed by atoms with van der Waals surface area (Å²) in [6, 6.07) is 0. The predicted octanol–water partition coefficient (Wildman–Crippen LogP) is -2.08. The second-order valence-corrected chi connectivity index (χ2v) is 4.98. The van der Waals surface area contributed by atoms with Gasteiger partial charge in [-0.15, -0.1) is 0 Å². The van der Waals surface area contributed by atoms with Crippen LogP contribution in [-0.2, 0) is 24.3 Å². The van der Waals surface area contributed by atoms with Crippen molar-refractivity contribution in [3.8, 4) is 0 Å². The van der Waals surface area contributed by atoms with Crippen LogP contribution in [0.4, 0.5) is 0 Å². The molecule has 0 unspecified atom stereocenters. The first-order valence-electron chi connectivity index (χ1n) is 4.27. The molecule has 1 N–H and O–H groups in total. The monoisotopic (exact) mass is 236 g/mol. The van der Waals surface area contributed by atoms with E-state index < -0.39 is 21.7 Å². The maximum atomic E-state index is 11.5. The Morgan fingerprint density at radius 3 is 2.80 bits per heavy atom. The molecule has 1 heterocycles. The third kappa shape index (κ3) is 3.17. The van der Waals surface area contributed by atoms with Crippen molar-refractivity contribution in [3.05, 3.63) is 0 Å². The van der Waals surface area contributed by atoms with E-state index in [0.29, 0.717) is 0 Å². The van der Waals surface area contributed by atoms with Crippen LogP contribution in [0.2, 0.25) is 0 Å². The van der Waals surface area contributed by atoms with E-state index in [0.717, 1.165) is 11.4 Å². The Hall–Kier alpha value is -1.15. The predicted molar refractivity (Wildman–Crippen MR) is 50.4 cm³/mol. The van der Waals surface area contributed by atoms with E-state index in [1.807, 2.05) is 0 Å². The van der Waals surface area contributed by atoms with Crippen LogP contribution < -0.4 is 5.32 Å². The molecule has 86 valence electrons. The van der Waals surface area contributed by atoms with Gasteiger partial charge in [0.2, 0.25) is 15.9 Å². The zero-order chi connectivity index (χ0) is 11.5. The highest BCUT2D eigenvalue weighted by molar-refractivity contribution is 7.89. The molecule has 15 heavy (non-hydrogen) atoms. The summed E-state index contributed by atoms with van der Waals surface area (Å²) >= 11 is 0. The van der Waals surface area contributed by atoms with Crippen molar-refractivity contribution in [2.45, 2.75) is 0 Å². The minimum atomic E-state index is -3.73. The minimum Gasteiger partial charge on any atom is -0.468 e. The van der Waals surface area contributed by atoms with Crippen molar-refractivity contribution in [1.29, 1.82) is 0 Å². The van der Waals surface area contributed by atoms with Crippen LogP contribution >= 0.6 is 0 Å². The van der Waals surface area contributed by atoms with Gasteiger partial charge < -0.3 is 10.1 Å². The van der Waals surface area contributed by atoms with Crippen LogP contribution in [0.5, 0.6) is 0 Å². The van der Waals surface area contributed by atoms with Crippen molar-refractivity contribution in [2.75, 3.05) is 32.5 Å². The van der Waals surface area contributed by atoms with Gasteiger partial charge in [0.15, 0.2) is 5.75 Å². The first-order chi connectivity index (χ1) is 6.95. The number of amides is 1. The number of esters is 1. The number of sulfonamides is 1. The molecule has 1 amide bonds. The lowest BCUT2D eigenvalue weighted by Gasteiger charge is -2.25. The van der Waals surface area contributed by atoms with Gasteiger partial charge in [0.1, 0.15) is 0 Å². The maximum Gasteiger partial charge on any atom is 0.322 e. The Kier molecular flexibility index (Phi) is 3.64. The van der Waals surface area contributed by atoms with Gasteiger partial charge in [-0.3, -0.25) is 9.59 Å². The molecule has 8 heteroatoms. The molecule has 0 atom stereocenters. The molecule has 1 aliphatic heterocycles. The number of ether oxygens (including phenoxy) is 1. The number of rotatable bonds is 3. The number of carbonyl (C=O) groups is 2. The van der Waals surface area contributed by atoms with E-state index in [2.05, 4.69) is 10.1 Å². The number of nitrogens with one attached hydrogen (secondary N) is 1. The number of hydrogen-bond acceptors (Lipinski definition) is 5. The highest BCUT2D eigenvalue weighted by Crippen LogP contribution is 2.04. The summed E-state index contributed by atoms with van der Waals surface area (Å²) in [5.74, 6) is -1.92. The zero-order valence-electron chi connectivity index (χ0n) is 8.23.